The first kappa shape index (κ1) is 24.8. The molecule has 0 bridgehead atoms. The van der Waals surface area contributed by atoms with Gasteiger partial charge in [-0.3, -0.25) is 24.6 Å². The Balaban J connectivity index is 1.56. The highest BCUT2D eigenvalue weighted by Crippen LogP contribution is 2.61. The Bertz CT molecular complexity index is 1440. The van der Waals surface area contributed by atoms with E-state index in [1.165, 1.54) is 12.1 Å². The number of amides is 1. The van der Waals surface area contributed by atoms with Crippen LogP contribution in [0.5, 0.6) is 5.75 Å². The number of carbonyl (C=O) groups excluding carboxylic acids is 2. The van der Waals surface area contributed by atoms with Crippen molar-refractivity contribution in [2.45, 2.75) is 37.3 Å². The number of rotatable bonds is 6. The average molecular weight is 576 g/mol. The van der Waals surface area contributed by atoms with Gasteiger partial charge in [0.2, 0.25) is 5.91 Å². The molecular weight excluding hydrogens is 550 g/mol. The second kappa shape index (κ2) is 9.32. The van der Waals surface area contributed by atoms with Gasteiger partial charge in [0.05, 0.1) is 17.4 Å². The van der Waals surface area contributed by atoms with Crippen molar-refractivity contribution in [3.63, 3.8) is 0 Å². The zero-order valence-electron chi connectivity index (χ0n) is 20.7. The number of non-ortho nitro benzene ring substituents is 1. The summed E-state index contributed by atoms with van der Waals surface area (Å²) >= 11 is 3.57. The molecule has 2 saturated heterocycles. The van der Waals surface area contributed by atoms with Gasteiger partial charge in [0.25, 0.3) is 5.69 Å². The van der Waals surface area contributed by atoms with Crippen molar-refractivity contribution >= 4 is 39.0 Å². The number of nitrogens with zero attached hydrogens (tertiary/aromatic N) is 2. The van der Waals surface area contributed by atoms with E-state index >= 15 is 0 Å². The van der Waals surface area contributed by atoms with Crippen molar-refractivity contribution in [2.24, 2.45) is 5.92 Å². The van der Waals surface area contributed by atoms with Gasteiger partial charge in [-0.15, -0.1) is 0 Å². The fourth-order valence-corrected chi connectivity index (χ4v) is 7.15. The normalized spacial score (nSPS) is 25.7. The van der Waals surface area contributed by atoms with Crippen molar-refractivity contribution < 1.29 is 19.2 Å². The summed E-state index contributed by atoms with van der Waals surface area (Å²) in [6.45, 7) is 3.10. The molecule has 3 heterocycles. The maximum Gasteiger partial charge on any atom is 0.269 e. The molecule has 0 saturated carbocycles. The van der Waals surface area contributed by atoms with Crippen molar-refractivity contribution in [1.29, 1.82) is 0 Å². The molecule has 1 amide bonds. The van der Waals surface area contributed by atoms with Gasteiger partial charge in [0, 0.05) is 45.4 Å². The fourth-order valence-electron chi connectivity index (χ4n) is 6.79. The number of anilines is 1. The van der Waals surface area contributed by atoms with Crippen LogP contribution in [0.1, 0.15) is 47.2 Å². The van der Waals surface area contributed by atoms with Gasteiger partial charge in [-0.2, -0.15) is 0 Å². The zero-order valence-corrected chi connectivity index (χ0v) is 22.3. The number of nitrogens with one attached hydrogen (secondary N) is 1. The first-order valence-electron chi connectivity index (χ1n) is 12.8. The molecule has 2 fully saturated rings. The number of benzene rings is 3. The Morgan fingerprint density at radius 3 is 2.58 bits per heavy atom. The summed E-state index contributed by atoms with van der Waals surface area (Å²) in [5.41, 5.74) is 1.62. The lowest BCUT2D eigenvalue weighted by atomic mass is 9.69. The molecule has 1 spiro atoms. The number of ether oxygens (including phenoxy) is 1. The number of ketones is 1. The van der Waals surface area contributed by atoms with Crippen LogP contribution in [-0.2, 0) is 10.3 Å². The molecule has 3 aliphatic rings. The molecule has 3 unspecified atom stereocenters. The second-order valence-electron chi connectivity index (χ2n) is 9.99. The van der Waals surface area contributed by atoms with Crippen LogP contribution in [0.3, 0.4) is 0 Å². The zero-order chi connectivity index (χ0) is 26.6. The maximum absolute atomic E-state index is 14.5. The van der Waals surface area contributed by atoms with Crippen molar-refractivity contribution in [3.8, 4) is 5.75 Å². The van der Waals surface area contributed by atoms with Crippen molar-refractivity contribution in [2.75, 3.05) is 18.5 Å². The Labute approximate surface area is 228 Å². The van der Waals surface area contributed by atoms with Gasteiger partial charge in [-0.05, 0) is 74.3 Å². The van der Waals surface area contributed by atoms with Crippen LogP contribution in [0, 0.1) is 16.0 Å². The lowest BCUT2D eigenvalue weighted by molar-refractivity contribution is -0.384. The lowest BCUT2D eigenvalue weighted by Gasteiger charge is -2.37. The topological polar surface area (TPSA) is 102 Å². The van der Waals surface area contributed by atoms with Gasteiger partial charge < -0.3 is 10.1 Å². The number of halogens is 1. The first-order valence-corrected chi connectivity index (χ1v) is 13.5. The van der Waals surface area contributed by atoms with Crippen LogP contribution >= 0.6 is 15.9 Å². The highest BCUT2D eigenvalue weighted by atomic mass is 79.9. The number of hydrogen-bond acceptors (Lipinski definition) is 6. The smallest absolute Gasteiger partial charge is 0.269 e. The number of nitro benzene ring substituents is 1. The predicted molar refractivity (Wildman–Crippen MR) is 145 cm³/mol. The molecule has 3 aliphatic heterocycles. The van der Waals surface area contributed by atoms with Crippen LogP contribution < -0.4 is 10.1 Å². The number of carbonyl (C=O) groups is 2. The number of nitro groups is 1. The van der Waals surface area contributed by atoms with Gasteiger partial charge in [0.1, 0.15) is 11.3 Å². The van der Waals surface area contributed by atoms with E-state index in [1.807, 2.05) is 25.1 Å². The molecule has 0 aromatic heterocycles. The standard InChI is InChI=1S/C29H26BrN3O5/c1-2-38-21-12-7-18(8-13-21)27(34)26-25(17-5-10-20(11-6-17)33(36)37)24-4-3-15-32(24)29(26)22-16-19(30)9-14-23(22)31-28(29)35/h5-14,16,24-26H,2-4,15H2,1H3,(H,31,35)/t24?,25?,26?,29-/m1/s1. The third-order valence-corrected chi connectivity index (χ3v) is 8.68. The molecule has 0 radical (unpaired) electrons. The predicted octanol–water partition coefficient (Wildman–Crippen LogP) is 5.66. The summed E-state index contributed by atoms with van der Waals surface area (Å²) in [4.78, 5) is 41.7. The van der Waals surface area contributed by atoms with E-state index < -0.39 is 16.4 Å². The Kier molecular flexibility index (Phi) is 6.07. The van der Waals surface area contributed by atoms with E-state index in [9.17, 15) is 19.7 Å². The second-order valence-corrected chi connectivity index (χ2v) is 10.9. The highest BCUT2D eigenvalue weighted by Gasteiger charge is 2.69. The molecule has 38 heavy (non-hydrogen) atoms. The van der Waals surface area contributed by atoms with Gasteiger partial charge >= 0.3 is 0 Å². The first-order chi connectivity index (χ1) is 18.4. The Morgan fingerprint density at radius 2 is 1.89 bits per heavy atom. The Morgan fingerprint density at radius 1 is 1.16 bits per heavy atom. The Hall–Kier alpha value is -3.56. The van der Waals surface area contributed by atoms with E-state index in [-0.39, 0.29) is 29.3 Å². The van der Waals surface area contributed by atoms with Crippen LogP contribution in [0.2, 0.25) is 0 Å². The molecule has 6 rings (SSSR count). The molecule has 1 N–H and O–H groups in total. The summed E-state index contributed by atoms with van der Waals surface area (Å²) < 4.78 is 6.40. The minimum absolute atomic E-state index is 0.00740. The maximum atomic E-state index is 14.5. The fraction of sp³-hybridized carbons (Fsp3) is 0.310. The van der Waals surface area contributed by atoms with Gasteiger partial charge in [-0.1, -0.05) is 28.1 Å². The van der Waals surface area contributed by atoms with Gasteiger partial charge in [-0.25, -0.2) is 0 Å². The van der Waals surface area contributed by atoms with Gasteiger partial charge in [0.15, 0.2) is 5.78 Å². The van der Waals surface area contributed by atoms with Crippen LogP contribution in [0.15, 0.2) is 71.2 Å². The number of fused-ring (bicyclic) bond motifs is 4. The largest absolute Gasteiger partial charge is 0.494 e. The minimum Gasteiger partial charge on any atom is -0.494 e. The quantitative estimate of drug-likeness (QED) is 0.231. The summed E-state index contributed by atoms with van der Waals surface area (Å²) in [7, 11) is 0. The monoisotopic (exact) mass is 575 g/mol. The summed E-state index contributed by atoms with van der Waals surface area (Å²) in [5.74, 6) is -0.721. The molecule has 4 atom stereocenters. The number of hydrogen-bond donors (Lipinski definition) is 1. The van der Waals surface area contributed by atoms with Crippen LogP contribution in [0.4, 0.5) is 11.4 Å². The SMILES string of the molecule is CCOc1ccc(C(=O)C2C(c3ccc([N+](=O)[O-])cc3)C3CCCN3[C@@]23C(=O)Nc2ccc(Br)cc23)cc1. The van der Waals surface area contributed by atoms with Crippen molar-refractivity contribution in [3.05, 3.63) is 98.0 Å². The molecule has 0 aliphatic carbocycles. The third-order valence-electron chi connectivity index (χ3n) is 8.18. The summed E-state index contributed by atoms with van der Waals surface area (Å²) in [6.07, 6.45) is 1.73. The highest BCUT2D eigenvalue weighted by molar-refractivity contribution is 9.10. The van der Waals surface area contributed by atoms with E-state index in [4.69, 9.17) is 4.74 Å². The third kappa shape index (κ3) is 3.60. The molecule has 9 heteroatoms. The molecule has 3 aromatic carbocycles. The average Bonchev–Trinajstić information content (AvgIpc) is 3.57. The van der Waals surface area contributed by atoms with E-state index in [2.05, 4.69) is 26.1 Å². The number of Topliss-reactive ketones (excluding diaryl/α,β-unsaturated/α-hetero) is 1. The minimum atomic E-state index is -1.19. The molecular formula is C29H26BrN3O5. The lowest BCUT2D eigenvalue weighted by Crippen LogP contribution is -2.52. The molecule has 3 aromatic rings. The van der Waals surface area contributed by atoms with E-state index in [0.29, 0.717) is 30.2 Å². The van der Waals surface area contributed by atoms with Crippen molar-refractivity contribution in [1.82, 2.24) is 4.90 Å². The molecule has 8 nitrogen and oxygen atoms in total. The van der Waals surface area contributed by atoms with E-state index in [0.717, 1.165) is 28.4 Å². The summed E-state index contributed by atoms with van der Waals surface area (Å²) in [5, 5.41) is 14.4. The summed E-state index contributed by atoms with van der Waals surface area (Å²) in [6, 6.07) is 19.1. The van der Waals surface area contributed by atoms with Crippen LogP contribution in [0.25, 0.3) is 0 Å². The van der Waals surface area contributed by atoms with E-state index in [1.54, 1.807) is 36.4 Å². The van der Waals surface area contributed by atoms with Crippen LogP contribution in [-0.4, -0.2) is 40.7 Å². The molecule has 194 valence electrons.